The van der Waals surface area contributed by atoms with Gasteiger partial charge in [0.05, 0.1) is 24.7 Å². The normalized spacial score (nSPS) is 18.0. The maximum atomic E-state index is 14.3. The Morgan fingerprint density at radius 1 is 1.12 bits per heavy atom. The van der Waals surface area contributed by atoms with Crippen LogP contribution in [-0.4, -0.2) is 17.7 Å². The van der Waals surface area contributed by atoms with Crippen LogP contribution in [-0.2, 0) is 17.6 Å². The van der Waals surface area contributed by atoms with Gasteiger partial charge in [-0.05, 0) is 53.8 Å². The first kappa shape index (κ1) is 21.9. The molecule has 0 unspecified atom stereocenters. The Labute approximate surface area is 195 Å². The molecule has 34 heavy (non-hydrogen) atoms. The molecule has 3 aromatic rings. The Balaban J connectivity index is 1.42. The summed E-state index contributed by atoms with van der Waals surface area (Å²) in [5, 5.41) is 18.7. The van der Waals surface area contributed by atoms with Crippen LogP contribution < -0.4 is 9.47 Å². The van der Waals surface area contributed by atoms with Gasteiger partial charge in [-0.25, -0.2) is 8.78 Å². The molecule has 2 atom stereocenters. The van der Waals surface area contributed by atoms with Gasteiger partial charge in [0.2, 0.25) is 0 Å². The van der Waals surface area contributed by atoms with Crippen molar-refractivity contribution >= 4 is 5.97 Å². The third-order valence-corrected chi connectivity index (χ3v) is 6.57. The number of benzene rings is 3. The zero-order valence-corrected chi connectivity index (χ0v) is 18.2. The second-order valence-corrected chi connectivity index (χ2v) is 8.60. The minimum Gasteiger partial charge on any atom is -0.492 e. The number of hydrogen-bond donors (Lipinski definition) is 1. The monoisotopic (exact) mass is 461 g/mol. The lowest BCUT2D eigenvalue weighted by atomic mass is 9.92. The number of fused-ring (bicyclic) bond motifs is 2. The fourth-order valence-corrected chi connectivity index (χ4v) is 4.92. The molecule has 1 aliphatic heterocycles. The summed E-state index contributed by atoms with van der Waals surface area (Å²) >= 11 is 0. The maximum Gasteiger partial charge on any atom is 0.304 e. The molecule has 0 radical (unpaired) electrons. The molecule has 0 spiro atoms. The summed E-state index contributed by atoms with van der Waals surface area (Å²) in [6.45, 7) is 0.324. The molecule has 0 amide bonds. The predicted octanol–water partition coefficient (Wildman–Crippen LogP) is 5.44. The van der Waals surface area contributed by atoms with Crippen molar-refractivity contribution in [3.8, 4) is 17.6 Å². The van der Waals surface area contributed by atoms with Crippen LogP contribution in [0.3, 0.4) is 0 Å². The first-order valence-electron chi connectivity index (χ1n) is 11.1. The molecule has 0 fully saturated rings. The Kier molecular flexibility index (Phi) is 5.66. The molecule has 1 heterocycles. The highest BCUT2D eigenvalue weighted by atomic mass is 19.1. The van der Waals surface area contributed by atoms with Crippen molar-refractivity contribution in [2.24, 2.45) is 0 Å². The highest BCUT2D eigenvalue weighted by Crippen LogP contribution is 2.42. The molecule has 7 heteroatoms. The van der Waals surface area contributed by atoms with E-state index in [1.54, 1.807) is 18.2 Å². The molecule has 0 aromatic heterocycles. The smallest absolute Gasteiger partial charge is 0.304 e. The lowest BCUT2D eigenvalue weighted by Gasteiger charge is -2.17. The zero-order valence-electron chi connectivity index (χ0n) is 18.2. The van der Waals surface area contributed by atoms with Crippen molar-refractivity contribution in [3.63, 3.8) is 0 Å². The van der Waals surface area contributed by atoms with Crippen molar-refractivity contribution in [3.05, 3.63) is 93.5 Å². The summed E-state index contributed by atoms with van der Waals surface area (Å²) < 4.78 is 40.5. The highest BCUT2D eigenvalue weighted by molar-refractivity contribution is 5.68. The fraction of sp³-hybridized carbons (Fsp3) is 0.259. The van der Waals surface area contributed by atoms with E-state index in [-0.39, 0.29) is 30.4 Å². The Morgan fingerprint density at radius 3 is 2.62 bits per heavy atom. The summed E-state index contributed by atoms with van der Waals surface area (Å²) in [7, 11) is 0. The van der Waals surface area contributed by atoms with Crippen LogP contribution in [0, 0.1) is 23.0 Å². The van der Waals surface area contributed by atoms with Gasteiger partial charge in [-0.2, -0.15) is 5.26 Å². The van der Waals surface area contributed by atoms with Crippen LogP contribution in [0.2, 0.25) is 0 Å². The van der Waals surface area contributed by atoms with Gasteiger partial charge >= 0.3 is 5.97 Å². The summed E-state index contributed by atoms with van der Waals surface area (Å²) in [5.74, 6) is -1.10. The van der Waals surface area contributed by atoms with Crippen LogP contribution in [0.25, 0.3) is 0 Å². The molecule has 2 aliphatic rings. The molecule has 172 valence electrons. The van der Waals surface area contributed by atoms with Gasteiger partial charge in [0.15, 0.2) is 0 Å². The zero-order chi connectivity index (χ0) is 23.8. The van der Waals surface area contributed by atoms with Crippen LogP contribution in [0.15, 0.2) is 48.5 Å². The highest BCUT2D eigenvalue weighted by Gasteiger charge is 2.30. The Hall–Kier alpha value is -3.92. The first-order valence-corrected chi connectivity index (χ1v) is 11.1. The Morgan fingerprint density at radius 2 is 1.88 bits per heavy atom. The van der Waals surface area contributed by atoms with Crippen LogP contribution in [0.5, 0.6) is 11.5 Å². The summed E-state index contributed by atoms with van der Waals surface area (Å²) in [6.07, 6.45) is 1.02. The largest absolute Gasteiger partial charge is 0.492 e. The topological polar surface area (TPSA) is 79.5 Å². The van der Waals surface area contributed by atoms with E-state index in [2.05, 4.69) is 6.07 Å². The number of hydrogen-bond acceptors (Lipinski definition) is 4. The molecule has 0 saturated heterocycles. The molecule has 1 N–H and O–H groups in total. The van der Waals surface area contributed by atoms with E-state index in [9.17, 15) is 18.8 Å². The van der Waals surface area contributed by atoms with Crippen LogP contribution >= 0.6 is 0 Å². The third-order valence-electron chi connectivity index (χ3n) is 6.57. The van der Waals surface area contributed by atoms with Crippen molar-refractivity contribution in [1.82, 2.24) is 0 Å². The number of carboxylic acid groups (broad SMARTS) is 1. The van der Waals surface area contributed by atoms with Gasteiger partial charge in [0.1, 0.15) is 29.2 Å². The summed E-state index contributed by atoms with van der Waals surface area (Å²) in [4.78, 5) is 11.1. The van der Waals surface area contributed by atoms with E-state index in [0.29, 0.717) is 42.1 Å². The first-order chi connectivity index (χ1) is 16.4. The second kappa shape index (κ2) is 8.79. The molecule has 5 rings (SSSR count). The van der Waals surface area contributed by atoms with E-state index >= 15 is 0 Å². The molecule has 5 nitrogen and oxygen atoms in total. The van der Waals surface area contributed by atoms with Crippen molar-refractivity contribution < 1.29 is 28.2 Å². The van der Waals surface area contributed by atoms with E-state index in [4.69, 9.17) is 14.6 Å². The lowest BCUT2D eigenvalue weighted by Crippen LogP contribution is -2.07. The fourth-order valence-electron chi connectivity index (χ4n) is 4.92. The van der Waals surface area contributed by atoms with Gasteiger partial charge in [0.25, 0.3) is 0 Å². The van der Waals surface area contributed by atoms with E-state index in [1.165, 1.54) is 18.2 Å². The maximum absolute atomic E-state index is 14.3. The van der Waals surface area contributed by atoms with Gasteiger partial charge in [-0.15, -0.1) is 0 Å². The number of aliphatic carboxylic acids is 1. The lowest BCUT2D eigenvalue weighted by molar-refractivity contribution is -0.137. The number of halogens is 2. The predicted molar refractivity (Wildman–Crippen MR) is 119 cm³/mol. The minimum absolute atomic E-state index is 0.00502. The van der Waals surface area contributed by atoms with Crippen molar-refractivity contribution in [1.29, 1.82) is 5.26 Å². The van der Waals surface area contributed by atoms with Gasteiger partial charge in [-0.3, -0.25) is 4.79 Å². The average Bonchev–Trinajstić information content (AvgIpc) is 3.40. The summed E-state index contributed by atoms with van der Waals surface area (Å²) in [6, 6.07) is 14.9. The van der Waals surface area contributed by atoms with Gasteiger partial charge in [-0.1, -0.05) is 18.2 Å². The quantitative estimate of drug-likeness (QED) is 0.529. The van der Waals surface area contributed by atoms with Crippen LogP contribution in [0.4, 0.5) is 8.78 Å². The second-order valence-electron chi connectivity index (χ2n) is 8.60. The van der Waals surface area contributed by atoms with E-state index in [1.807, 2.05) is 12.1 Å². The summed E-state index contributed by atoms with van der Waals surface area (Å²) in [5.41, 5.74) is 3.63. The van der Waals surface area contributed by atoms with Crippen molar-refractivity contribution in [2.75, 3.05) is 6.61 Å². The number of carbonyl (C=O) groups is 1. The van der Waals surface area contributed by atoms with Crippen molar-refractivity contribution in [2.45, 2.75) is 37.7 Å². The SMILES string of the molecule is N#Cc1ccc2c(c1Cc1c(F)cccc1F)CC[C@H]2Oc1ccc2c(c1)OC[C@H]2CC(=O)O. The minimum atomic E-state index is -0.868. The molecular weight excluding hydrogens is 440 g/mol. The molecule has 0 bridgehead atoms. The van der Waals surface area contributed by atoms with Gasteiger partial charge in [0, 0.05) is 29.5 Å². The molecule has 3 aromatic carbocycles. The number of carboxylic acids is 1. The molecule has 1 aliphatic carbocycles. The number of rotatable bonds is 6. The molecule has 0 saturated carbocycles. The van der Waals surface area contributed by atoms with E-state index < -0.39 is 17.6 Å². The average molecular weight is 461 g/mol. The third kappa shape index (κ3) is 3.96. The number of nitriles is 1. The van der Waals surface area contributed by atoms with Crippen LogP contribution in [0.1, 0.15) is 58.2 Å². The standard InChI is InChI=1S/C27H21F2NO4/c28-23-2-1-3-24(29)22(23)12-21-15(13-30)4-6-20-19(21)8-9-25(20)34-17-5-7-18-16(10-27(31)32)14-33-26(18)11-17/h1-7,11,16,25H,8-10,12,14H2,(H,31,32)/t16-,25-/m1/s1. The number of nitrogens with zero attached hydrogens (tertiary/aromatic N) is 1. The van der Waals surface area contributed by atoms with Gasteiger partial charge < -0.3 is 14.6 Å². The Bertz CT molecular complexity index is 1310. The van der Waals surface area contributed by atoms with E-state index in [0.717, 1.165) is 16.7 Å². The number of ether oxygens (including phenoxy) is 2. The molecular formula is C27H21F2NO4.